The van der Waals surface area contributed by atoms with Crippen LogP contribution in [0.2, 0.25) is 0 Å². The molecule has 0 radical (unpaired) electrons. The van der Waals surface area contributed by atoms with Gasteiger partial charge in [0.25, 0.3) is 11.7 Å². The standard InChI is InChI=1S/C46H77NO10/c1-9-10-11-12-19-37(42(49)30-41(48)34(5)25-33(4)26-36-18-16-21-39(29-36)57-8)27-32(3)24-31(2)17-15-20-38(56-7)28-35(6)46(54,55)43(50)44(51)47-23-14-13-22-40(47)45(52)53/h11-12,26-27,31,34-41,48,54-55H,9-10,13-25,28-30H2,1-8H3,(H,52,53)/b12-11+,32-27-,33-26+/t31-,34+,35?,36?,37+,38-,39?,40?,41?/m1/s1. The number of carboxylic acids is 1. The van der Waals surface area contributed by atoms with Gasteiger partial charge in [0.2, 0.25) is 5.79 Å². The lowest BCUT2D eigenvalue weighted by Gasteiger charge is -2.35. The van der Waals surface area contributed by atoms with E-state index in [2.05, 4.69) is 52.0 Å². The summed E-state index contributed by atoms with van der Waals surface area (Å²) in [6, 6.07) is -1.16. The van der Waals surface area contributed by atoms with E-state index in [1.807, 2.05) is 6.92 Å². The zero-order valence-electron chi connectivity index (χ0n) is 36.4. The minimum absolute atomic E-state index is 0.0346. The minimum Gasteiger partial charge on any atom is -0.480 e. The molecular formula is C46H77NO10. The summed E-state index contributed by atoms with van der Waals surface area (Å²) in [7, 11) is 3.31. The van der Waals surface area contributed by atoms with Crippen molar-refractivity contribution >= 4 is 23.4 Å². The normalized spacial score (nSPS) is 23.1. The van der Waals surface area contributed by atoms with Crippen molar-refractivity contribution < 1.29 is 49.1 Å². The largest absolute Gasteiger partial charge is 0.480 e. The van der Waals surface area contributed by atoms with Gasteiger partial charge in [0.05, 0.1) is 18.3 Å². The fourth-order valence-electron chi connectivity index (χ4n) is 8.63. The van der Waals surface area contributed by atoms with Crippen LogP contribution in [0, 0.1) is 29.6 Å². The number of aliphatic hydroxyl groups excluding tert-OH is 1. The third-order valence-electron chi connectivity index (χ3n) is 12.3. The van der Waals surface area contributed by atoms with Gasteiger partial charge in [-0.25, -0.2) is 4.79 Å². The van der Waals surface area contributed by atoms with Crippen molar-refractivity contribution in [3.8, 4) is 0 Å². The predicted molar refractivity (Wildman–Crippen MR) is 223 cm³/mol. The molecule has 0 bridgehead atoms. The first kappa shape index (κ1) is 50.4. The number of amides is 1. The number of aliphatic hydroxyl groups is 3. The van der Waals surface area contributed by atoms with Crippen LogP contribution in [0.5, 0.6) is 0 Å². The maximum absolute atomic E-state index is 13.7. The van der Waals surface area contributed by atoms with Gasteiger partial charge in [-0.15, -0.1) is 0 Å². The Kier molecular flexibility index (Phi) is 22.8. The molecule has 1 aliphatic carbocycles. The summed E-state index contributed by atoms with van der Waals surface area (Å²) >= 11 is 0. The van der Waals surface area contributed by atoms with Crippen molar-refractivity contribution in [2.75, 3.05) is 20.8 Å². The van der Waals surface area contributed by atoms with Gasteiger partial charge >= 0.3 is 5.97 Å². The van der Waals surface area contributed by atoms with Crippen LogP contribution in [0.25, 0.3) is 0 Å². The van der Waals surface area contributed by atoms with Crippen molar-refractivity contribution in [2.24, 2.45) is 29.6 Å². The number of carbonyl (C=O) groups excluding carboxylic acids is 3. The molecule has 0 aromatic rings. The molecule has 326 valence electrons. The zero-order valence-corrected chi connectivity index (χ0v) is 36.4. The molecule has 0 spiro atoms. The third-order valence-corrected chi connectivity index (χ3v) is 12.3. The molecule has 1 amide bonds. The number of nitrogens with zero attached hydrogens (tertiary/aromatic N) is 1. The van der Waals surface area contributed by atoms with Crippen LogP contribution in [-0.2, 0) is 28.7 Å². The highest BCUT2D eigenvalue weighted by atomic mass is 16.5. The lowest BCUT2D eigenvalue weighted by molar-refractivity contribution is -0.208. The maximum Gasteiger partial charge on any atom is 0.326 e. The first-order valence-corrected chi connectivity index (χ1v) is 21.7. The Labute approximate surface area is 343 Å². The molecule has 0 aromatic carbocycles. The number of piperidine rings is 1. The Morgan fingerprint density at radius 2 is 1.63 bits per heavy atom. The summed E-state index contributed by atoms with van der Waals surface area (Å²) in [5, 5.41) is 42.3. The number of hydrogen-bond acceptors (Lipinski definition) is 9. The van der Waals surface area contributed by atoms with E-state index in [0.29, 0.717) is 43.6 Å². The molecular weight excluding hydrogens is 727 g/mol. The predicted octanol–water partition coefficient (Wildman–Crippen LogP) is 7.75. The molecule has 9 atom stereocenters. The van der Waals surface area contributed by atoms with Crippen LogP contribution in [0.1, 0.15) is 151 Å². The lowest BCUT2D eigenvalue weighted by Crippen LogP contribution is -2.57. The van der Waals surface area contributed by atoms with Gasteiger partial charge in [0.1, 0.15) is 11.8 Å². The van der Waals surface area contributed by atoms with E-state index in [1.165, 1.54) is 32.4 Å². The summed E-state index contributed by atoms with van der Waals surface area (Å²) in [6.07, 6.45) is 20.3. The number of methoxy groups -OCH3 is 2. The van der Waals surface area contributed by atoms with Crippen LogP contribution in [0.4, 0.5) is 0 Å². The molecule has 5 unspecified atom stereocenters. The summed E-state index contributed by atoms with van der Waals surface area (Å²) < 4.78 is 11.2. The van der Waals surface area contributed by atoms with Crippen LogP contribution >= 0.6 is 0 Å². The topological polar surface area (TPSA) is 171 Å². The summed E-state index contributed by atoms with van der Waals surface area (Å²) in [5.41, 5.74) is 2.38. The van der Waals surface area contributed by atoms with Crippen molar-refractivity contribution in [2.45, 2.75) is 181 Å². The Hall–Kier alpha value is -2.70. The van der Waals surface area contributed by atoms with E-state index in [9.17, 15) is 39.6 Å². The van der Waals surface area contributed by atoms with E-state index < -0.39 is 47.6 Å². The molecule has 4 N–H and O–H groups in total. The monoisotopic (exact) mass is 804 g/mol. The average molecular weight is 804 g/mol. The number of ether oxygens (including phenoxy) is 2. The Bertz CT molecular complexity index is 1350. The minimum atomic E-state index is -2.96. The van der Waals surface area contributed by atoms with Gasteiger partial charge in [-0.1, -0.05) is 88.8 Å². The van der Waals surface area contributed by atoms with Crippen LogP contribution in [0.3, 0.4) is 0 Å². The first-order chi connectivity index (χ1) is 26.9. The van der Waals surface area contributed by atoms with E-state index in [1.54, 1.807) is 7.11 Å². The van der Waals surface area contributed by atoms with Crippen LogP contribution in [-0.4, -0.2) is 99.7 Å². The van der Waals surface area contributed by atoms with Gasteiger partial charge in [-0.3, -0.25) is 14.4 Å². The number of aliphatic carboxylic acids is 1. The van der Waals surface area contributed by atoms with Gasteiger partial charge in [-0.05, 0) is 109 Å². The number of carbonyl (C=O) groups is 4. The molecule has 2 aliphatic rings. The van der Waals surface area contributed by atoms with Crippen LogP contribution < -0.4 is 0 Å². The van der Waals surface area contributed by atoms with E-state index in [-0.39, 0.29) is 43.4 Å². The number of likely N-dealkylation sites (tertiary alicyclic amines) is 1. The Morgan fingerprint density at radius 3 is 2.28 bits per heavy atom. The number of carboxylic acid groups (broad SMARTS) is 1. The SMILES string of the molecule is CCC/C=C/C[C@@H](/C=C(/C)C[C@H](C)CCC[C@H](CC(C)C(O)(O)C(=O)C(=O)N1CCCCC1C(=O)O)OC)C(=O)CC(O)[C@@H](C)C/C(C)=C/C1CCCC(OC)C1. The molecule has 11 heteroatoms. The number of hydrogen-bond donors (Lipinski definition) is 4. The summed E-state index contributed by atoms with van der Waals surface area (Å²) in [6.45, 7) is 12.0. The highest BCUT2D eigenvalue weighted by molar-refractivity contribution is 6.39. The van der Waals surface area contributed by atoms with Gasteiger partial charge in [0, 0.05) is 39.0 Å². The van der Waals surface area contributed by atoms with Gasteiger partial charge in [-0.2, -0.15) is 0 Å². The Morgan fingerprint density at radius 1 is 0.912 bits per heavy atom. The molecule has 1 saturated heterocycles. The van der Waals surface area contributed by atoms with Crippen molar-refractivity contribution in [3.05, 3.63) is 35.5 Å². The second-order valence-corrected chi connectivity index (χ2v) is 17.5. The second kappa shape index (κ2) is 25.7. The van der Waals surface area contributed by atoms with Gasteiger partial charge in [0.15, 0.2) is 0 Å². The number of allylic oxidation sites excluding steroid dienone is 6. The molecule has 1 aliphatic heterocycles. The van der Waals surface area contributed by atoms with E-state index in [4.69, 9.17) is 9.47 Å². The third kappa shape index (κ3) is 17.2. The maximum atomic E-state index is 13.7. The fraction of sp³-hybridized carbons (Fsp3) is 0.783. The Balaban J connectivity index is 1.95. The molecule has 1 saturated carbocycles. The molecule has 11 nitrogen and oxygen atoms in total. The summed E-state index contributed by atoms with van der Waals surface area (Å²) in [5.74, 6) is -7.33. The highest BCUT2D eigenvalue weighted by Crippen LogP contribution is 2.31. The average Bonchev–Trinajstić information content (AvgIpc) is 3.17. The molecule has 57 heavy (non-hydrogen) atoms. The highest BCUT2D eigenvalue weighted by Gasteiger charge is 2.47. The first-order valence-electron chi connectivity index (χ1n) is 21.7. The second-order valence-electron chi connectivity index (χ2n) is 17.5. The zero-order chi connectivity index (χ0) is 42.7. The smallest absolute Gasteiger partial charge is 0.326 e. The number of unbranched alkanes of at least 4 members (excludes halogenated alkanes) is 1. The molecule has 1 heterocycles. The van der Waals surface area contributed by atoms with Crippen LogP contribution in [0.15, 0.2) is 35.5 Å². The molecule has 0 aromatic heterocycles. The number of Topliss-reactive ketones (excluding diaryl/α,β-unsaturated/α-hetero) is 2. The number of ketones is 2. The van der Waals surface area contributed by atoms with Crippen molar-refractivity contribution in [1.82, 2.24) is 4.90 Å². The number of rotatable bonds is 26. The quantitative estimate of drug-likeness (QED) is 0.0385. The summed E-state index contributed by atoms with van der Waals surface area (Å²) in [4.78, 5) is 52.2. The van der Waals surface area contributed by atoms with Crippen molar-refractivity contribution in [3.63, 3.8) is 0 Å². The molecule has 2 rings (SSSR count). The molecule has 2 fully saturated rings. The van der Waals surface area contributed by atoms with E-state index >= 15 is 0 Å². The van der Waals surface area contributed by atoms with E-state index in [0.717, 1.165) is 61.8 Å². The fourth-order valence-corrected chi connectivity index (χ4v) is 8.63. The lowest BCUT2D eigenvalue weighted by atomic mass is 9.84. The van der Waals surface area contributed by atoms with Gasteiger partial charge < -0.3 is 34.8 Å². The van der Waals surface area contributed by atoms with Crippen molar-refractivity contribution in [1.29, 1.82) is 0 Å².